The van der Waals surface area contributed by atoms with Crippen molar-refractivity contribution >= 4 is 6.47 Å². The minimum Gasteiger partial charge on any atom is -0.508 e. The van der Waals surface area contributed by atoms with E-state index in [1.165, 1.54) is 0 Å². The van der Waals surface area contributed by atoms with Crippen LogP contribution in [0.5, 0.6) is 5.75 Å². The van der Waals surface area contributed by atoms with Gasteiger partial charge in [0.25, 0.3) is 6.47 Å². The first kappa shape index (κ1) is 12.5. The zero-order chi connectivity index (χ0) is 11.0. The quantitative estimate of drug-likeness (QED) is 0.701. The van der Waals surface area contributed by atoms with E-state index in [0.717, 1.165) is 0 Å². The van der Waals surface area contributed by atoms with E-state index in [1.54, 1.807) is 24.3 Å². The number of hydrogen-bond acceptors (Lipinski definition) is 3. The van der Waals surface area contributed by atoms with E-state index in [2.05, 4.69) is 4.74 Å². The van der Waals surface area contributed by atoms with Crippen LogP contribution < -0.4 is 0 Å². The molecule has 0 atom stereocenters. The number of ether oxygens (including phenoxy) is 1. The van der Waals surface area contributed by atoms with Crippen LogP contribution in [0.4, 0.5) is 0 Å². The Kier molecular flexibility index (Phi) is 5.37. The summed E-state index contributed by atoms with van der Waals surface area (Å²) in [5.41, 5.74) is -0.318. The van der Waals surface area contributed by atoms with Crippen LogP contribution in [-0.2, 0) is 9.53 Å². The van der Waals surface area contributed by atoms with Crippen molar-refractivity contribution in [3.05, 3.63) is 30.3 Å². The fraction of sp³-hybridized carbons (Fsp3) is 0.364. The molecule has 1 aromatic rings. The Bertz CT molecular complexity index is 249. The predicted octanol–water partition coefficient (Wildman–Crippen LogP) is 2.35. The van der Waals surface area contributed by atoms with Crippen LogP contribution in [0.3, 0.4) is 0 Å². The average Bonchev–Trinajstić information content (AvgIpc) is 2.04. The van der Waals surface area contributed by atoms with E-state index in [4.69, 9.17) is 5.11 Å². The van der Waals surface area contributed by atoms with Gasteiger partial charge in [-0.3, -0.25) is 4.79 Å². The molecule has 0 unspecified atom stereocenters. The molecule has 0 fully saturated rings. The zero-order valence-corrected chi connectivity index (χ0v) is 8.73. The maximum Gasteiger partial charge on any atom is 0.293 e. The molecule has 3 heteroatoms. The molecule has 1 N–H and O–H groups in total. The van der Waals surface area contributed by atoms with E-state index in [1.807, 2.05) is 26.8 Å². The topological polar surface area (TPSA) is 46.5 Å². The first-order valence-corrected chi connectivity index (χ1v) is 4.31. The van der Waals surface area contributed by atoms with Gasteiger partial charge in [-0.15, -0.1) is 0 Å². The Morgan fingerprint density at radius 2 is 1.71 bits per heavy atom. The van der Waals surface area contributed by atoms with Crippen LogP contribution in [0.2, 0.25) is 0 Å². The van der Waals surface area contributed by atoms with Crippen LogP contribution in [0.15, 0.2) is 30.3 Å². The molecular formula is C11H16O3. The zero-order valence-electron chi connectivity index (χ0n) is 8.73. The van der Waals surface area contributed by atoms with Crippen molar-refractivity contribution in [3.8, 4) is 5.75 Å². The smallest absolute Gasteiger partial charge is 0.293 e. The summed E-state index contributed by atoms with van der Waals surface area (Å²) in [6.07, 6.45) is 0. The number of phenolic OH excluding ortho intramolecular Hbond substituents is 1. The van der Waals surface area contributed by atoms with E-state index >= 15 is 0 Å². The van der Waals surface area contributed by atoms with Crippen molar-refractivity contribution in [2.24, 2.45) is 0 Å². The highest BCUT2D eigenvalue weighted by Gasteiger charge is 2.07. The maximum absolute atomic E-state index is 9.60. The number of phenols is 1. The van der Waals surface area contributed by atoms with Crippen molar-refractivity contribution in [2.75, 3.05) is 0 Å². The van der Waals surface area contributed by atoms with Crippen molar-refractivity contribution in [1.29, 1.82) is 0 Å². The summed E-state index contributed by atoms with van der Waals surface area (Å²) in [7, 11) is 0. The minimum atomic E-state index is -0.318. The molecule has 1 aromatic carbocycles. The van der Waals surface area contributed by atoms with Gasteiger partial charge >= 0.3 is 0 Å². The lowest BCUT2D eigenvalue weighted by molar-refractivity contribution is -0.138. The van der Waals surface area contributed by atoms with Gasteiger partial charge in [0.1, 0.15) is 11.4 Å². The summed E-state index contributed by atoms with van der Waals surface area (Å²) >= 11 is 0. The Morgan fingerprint density at radius 1 is 1.21 bits per heavy atom. The second-order valence-corrected chi connectivity index (χ2v) is 3.66. The SMILES string of the molecule is CC(C)(C)OC=O.Oc1ccccc1. The fourth-order valence-corrected chi connectivity index (χ4v) is 0.572. The third-order valence-electron chi connectivity index (χ3n) is 1.16. The van der Waals surface area contributed by atoms with Crippen molar-refractivity contribution in [1.82, 2.24) is 0 Å². The van der Waals surface area contributed by atoms with Crippen LogP contribution in [0, 0.1) is 0 Å². The molecule has 0 saturated heterocycles. The van der Waals surface area contributed by atoms with Crippen molar-refractivity contribution in [3.63, 3.8) is 0 Å². The maximum atomic E-state index is 9.60. The number of para-hydroxylation sites is 1. The molecular weight excluding hydrogens is 180 g/mol. The number of carbonyl (C=O) groups is 1. The van der Waals surface area contributed by atoms with Gasteiger partial charge < -0.3 is 9.84 Å². The van der Waals surface area contributed by atoms with Crippen LogP contribution in [0.25, 0.3) is 0 Å². The molecule has 0 radical (unpaired) electrons. The summed E-state index contributed by atoms with van der Waals surface area (Å²) in [6.45, 7) is 5.92. The average molecular weight is 196 g/mol. The minimum absolute atomic E-state index is 0.318. The highest BCUT2D eigenvalue weighted by molar-refractivity contribution is 5.37. The fourth-order valence-electron chi connectivity index (χ4n) is 0.572. The third-order valence-corrected chi connectivity index (χ3v) is 1.16. The van der Waals surface area contributed by atoms with Gasteiger partial charge in [-0.1, -0.05) is 18.2 Å². The van der Waals surface area contributed by atoms with Gasteiger partial charge in [0.05, 0.1) is 0 Å². The number of carbonyl (C=O) groups excluding carboxylic acids is 1. The molecule has 0 aliphatic heterocycles. The van der Waals surface area contributed by atoms with Crippen LogP contribution in [0.1, 0.15) is 20.8 Å². The standard InChI is InChI=1S/C6H6O.C5H10O2/c7-6-4-2-1-3-5-6;1-5(2,3)7-4-6/h1-5,7H;4H,1-3H3. The lowest BCUT2D eigenvalue weighted by atomic mass is 10.2. The second kappa shape index (κ2) is 6.02. The molecule has 78 valence electrons. The van der Waals surface area contributed by atoms with Gasteiger partial charge in [-0.25, -0.2) is 0 Å². The van der Waals surface area contributed by atoms with E-state index in [9.17, 15) is 4.79 Å². The molecule has 0 aliphatic rings. The van der Waals surface area contributed by atoms with Gasteiger partial charge in [-0.2, -0.15) is 0 Å². The molecule has 0 spiro atoms. The Balaban J connectivity index is 0.000000241. The summed E-state index contributed by atoms with van der Waals surface area (Å²) in [4.78, 5) is 9.60. The monoisotopic (exact) mass is 196 g/mol. The summed E-state index contributed by atoms with van der Waals surface area (Å²) in [5, 5.41) is 8.63. The second-order valence-electron chi connectivity index (χ2n) is 3.66. The molecule has 0 aromatic heterocycles. The number of benzene rings is 1. The van der Waals surface area contributed by atoms with Gasteiger partial charge in [0.15, 0.2) is 0 Å². The van der Waals surface area contributed by atoms with E-state index in [-0.39, 0.29) is 5.60 Å². The largest absolute Gasteiger partial charge is 0.508 e. The number of hydrogen-bond donors (Lipinski definition) is 1. The van der Waals surface area contributed by atoms with E-state index < -0.39 is 0 Å². The highest BCUT2D eigenvalue weighted by atomic mass is 16.5. The Morgan fingerprint density at radius 3 is 1.86 bits per heavy atom. The van der Waals surface area contributed by atoms with Gasteiger partial charge in [-0.05, 0) is 32.9 Å². The molecule has 0 amide bonds. The predicted molar refractivity (Wildman–Crippen MR) is 55.0 cm³/mol. The Labute approximate surface area is 84.3 Å². The van der Waals surface area contributed by atoms with Crippen LogP contribution >= 0.6 is 0 Å². The van der Waals surface area contributed by atoms with Crippen LogP contribution in [-0.4, -0.2) is 17.2 Å². The Hall–Kier alpha value is -1.51. The van der Waals surface area contributed by atoms with E-state index in [0.29, 0.717) is 12.2 Å². The highest BCUT2D eigenvalue weighted by Crippen LogP contribution is 2.03. The molecule has 0 heterocycles. The van der Waals surface area contributed by atoms with Crippen molar-refractivity contribution in [2.45, 2.75) is 26.4 Å². The van der Waals surface area contributed by atoms with Crippen molar-refractivity contribution < 1.29 is 14.6 Å². The first-order valence-electron chi connectivity index (χ1n) is 4.31. The molecule has 0 bridgehead atoms. The number of rotatable bonds is 1. The molecule has 0 aliphatic carbocycles. The number of aromatic hydroxyl groups is 1. The lowest BCUT2D eigenvalue weighted by Gasteiger charge is -2.14. The molecule has 3 nitrogen and oxygen atoms in total. The lowest BCUT2D eigenvalue weighted by Crippen LogP contribution is -2.17. The van der Waals surface area contributed by atoms with Gasteiger partial charge in [0.2, 0.25) is 0 Å². The summed E-state index contributed by atoms with van der Waals surface area (Å²) in [5.74, 6) is 0.322. The summed E-state index contributed by atoms with van der Waals surface area (Å²) in [6, 6.07) is 8.71. The third kappa shape index (κ3) is 8.59. The molecule has 14 heavy (non-hydrogen) atoms. The normalized spacial score (nSPS) is 9.64. The first-order chi connectivity index (χ1) is 6.45. The van der Waals surface area contributed by atoms with Gasteiger partial charge in [0, 0.05) is 0 Å². The molecule has 0 saturated carbocycles. The molecule has 1 rings (SSSR count). The summed E-state index contributed by atoms with van der Waals surface area (Å²) < 4.78 is 4.55.